The van der Waals surface area contributed by atoms with Crippen molar-refractivity contribution in [2.24, 2.45) is 0 Å². The molecule has 4 nitrogen and oxygen atoms in total. The summed E-state index contributed by atoms with van der Waals surface area (Å²) < 4.78 is 23.9. The van der Waals surface area contributed by atoms with Gasteiger partial charge in [-0.05, 0) is 35.9 Å². The average Bonchev–Trinajstić information content (AvgIpc) is 2.48. The van der Waals surface area contributed by atoms with Gasteiger partial charge in [0.1, 0.15) is 18.2 Å². The Morgan fingerprint density at radius 2 is 1.86 bits per heavy atom. The summed E-state index contributed by atoms with van der Waals surface area (Å²) in [5, 5.41) is 9.01. The highest BCUT2D eigenvalue weighted by atomic mass is 19.1. The van der Waals surface area contributed by atoms with Crippen LogP contribution in [0.15, 0.2) is 48.5 Å². The van der Waals surface area contributed by atoms with E-state index in [1.807, 2.05) is 30.3 Å². The van der Waals surface area contributed by atoms with Crippen LogP contribution in [-0.4, -0.2) is 24.3 Å². The molecule has 0 aromatic heterocycles. The summed E-state index contributed by atoms with van der Waals surface area (Å²) in [6.45, 7) is 0.643. The highest BCUT2D eigenvalue weighted by Gasteiger charge is 2.10. The van der Waals surface area contributed by atoms with E-state index < -0.39 is 11.8 Å². The standard InChI is InChI=1S/C16H15FO4/c17-13-6-7-15(16(18)19)12(10-13)11-20-8-9-21-14-4-2-1-3-5-14/h1-7,10H,8-9,11H2,(H,18,19). The maximum atomic E-state index is 13.1. The first kappa shape index (κ1) is 15.0. The average molecular weight is 290 g/mol. The fourth-order valence-corrected chi connectivity index (χ4v) is 1.81. The van der Waals surface area contributed by atoms with Crippen molar-refractivity contribution in [1.82, 2.24) is 0 Å². The number of carbonyl (C=O) groups is 1. The van der Waals surface area contributed by atoms with Crippen molar-refractivity contribution in [3.05, 3.63) is 65.5 Å². The van der Waals surface area contributed by atoms with Crippen molar-refractivity contribution in [2.75, 3.05) is 13.2 Å². The summed E-state index contributed by atoms with van der Waals surface area (Å²) in [7, 11) is 0. The first-order valence-electron chi connectivity index (χ1n) is 6.44. The zero-order chi connectivity index (χ0) is 15.1. The van der Waals surface area contributed by atoms with Gasteiger partial charge in [0.05, 0.1) is 18.8 Å². The fraction of sp³-hybridized carbons (Fsp3) is 0.188. The molecule has 0 unspecified atom stereocenters. The van der Waals surface area contributed by atoms with E-state index in [1.54, 1.807) is 0 Å². The molecular weight excluding hydrogens is 275 g/mol. The van der Waals surface area contributed by atoms with E-state index in [0.717, 1.165) is 11.8 Å². The number of aromatic carboxylic acids is 1. The number of carboxylic acids is 1. The molecule has 0 atom stereocenters. The van der Waals surface area contributed by atoms with E-state index in [0.29, 0.717) is 12.2 Å². The molecule has 0 radical (unpaired) electrons. The molecule has 2 rings (SSSR count). The van der Waals surface area contributed by atoms with Crippen molar-refractivity contribution in [3.63, 3.8) is 0 Å². The number of hydrogen-bond acceptors (Lipinski definition) is 3. The lowest BCUT2D eigenvalue weighted by molar-refractivity contribution is 0.0678. The second kappa shape index (κ2) is 7.40. The number of ether oxygens (including phenoxy) is 2. The first-order valence-corrected chi connectivity index (χ1v) is 6.44. The third kappa shape index (κ3) is 4.57. The summed E-state index contributed by atoms with van der Waals surface area (Å²) in [6, 6.07) is 12.8. The van der Waals surface area contributed by atoms with Crippen LogP contribution in [-0.2, 0) is 11.3 Å². The Labute approximate surface area is 121 Å². The van der Waals surface area contributed by atoms with Crippen LogP contribution >= 0.6 is 0 Å². The van der Waals surface area contributed by atoms with Crippen LogP contribution in [0.5, 0.6) is 5.75 Å². The third-order valence-electron chi connectivity index (χ3n) is 2.79. The van der Waals surface area contributed by atoms with Gasteiger partial charge in [0.25, 0.3) is 0 Å². The highest BCUT2D eigenvalue weighted by Crippen LogP contribution is 2.13. The van der Waals surface area contributed by atoms with Gasteiger partial charge in [0, 0.05) is 0 Å². The van der Waals surface area contributed by atoms with Crippen LogP contribution in [0.1, 0.15) is 15.9 Å². The Hall–Kier alpha value is -2.40. The Kier molecular flexibility index (Phi) is 5.29. The molecule has 110 valence electrons. The lowest BCUT2D eigenvalue weighted by Gasteiger charge is -2.09. The normalized spacial score (nSPS) is 10.3. The summed E-state index contributed by atoms with van der Waals surface area (Å²) in [6.07, 6.45) is 0. The molecule has 0 spiro atoms. The number of benzene rings is 2. The van der Waals surface area contributed by atoms with Gasteiger partial charge >= 0.3 is 5.97 Å². The number of para-hydroxylation sites is 1. The van der Waals surface area contributed by atoms with Crippen molar-refractivity contribution < 1.29 is 23.8 Å². The van der Waals surface area contributed by atoms with Crippen LogP contribution in [0.3, 0.4) is 0 Å². The minimum Gasteiger partial charge on any atom is -0.491 e. The predicted octanol–water partition coefficient (Wildman–Crippen LogP) is 3.12. The molecule has 2 aromatic carbocycles. The van der Waals surface area contributed by atoms with E-state index >= 15 is 0 Å². The summed E-state index contributed by atoms with van der Waals surface area (Å²) in [5.41, 5.74) is 0.350. The molecule has 0 amide bonds. The Bertz CT molecular complexity index is 598. The minimum absolute atomic E-state index is 0.0253. The van der Waals surface area contributed by atoms with Gasteiger partial charge in [0.2, 0.25) is 0 Å². The Morgan fingerprint density at radius 1 is 1.10 bits per heavy atom. The monoisotopic (exact) mass is 290 g/mol. The smallest absolute Gasteiger partial charge is 0.336 e. The quantitative estimate of drug-likeness (QED) is 0.796. The van der Waals surface area contributed by atoms with Crippen LogP contribution in [0.2, 0.25) is 0 Å². The molecule has 2 aromatic rings. The van der Waals surface area contributed by atoms with Gasteiger partial charge in [-0.25, -0.2) is 9.18 Å². The molecule has 0 fully saturated rings. The van der Waals surface area contributed by atoms with Gasteiger partial charge in [-0.2, -0.15) is 0 Å². The molecule has 5 heteroatoms. The second-order valence-corrected chi connectivity index (χ2v) is 4.32. The molecule has 0 heterocycles. The van der Waals surface area contributed by atoms with Crippen molar-refractivity contribution in [2.45, 2.75) is 6.61 Å². The van der Waals surface area contributed by atoms with Crippen LogP contribution in [0, 0.1) is 5.82 Å². The molecule has 0 aliphatic rings. The molecule has 1 N–H and O–H groups in total. The van der Waals surface area contributed by atoms with Gasteiger partial charge in [-0.3, -0.25) is 0 Å². The van der Waals surface area contributed by atoms with Crippen LogP contribution < -0.4 is 4.74 Å². The topological polar surface area (TPSA) is 55.8 Å². The van der Waals surface area contributed by atoms with Crippen LogP contribution in [0.4, 0.5) is 4.39 Å². The number of rotatable bonds is 7. The van der Waals surface area contributed by atoms with Gasteiger partial charge in [-0.15, -0.1) is 0 Å². The zero-order valence-electron chi connectivity index (χ0n) is 11.3. The fourth-order valence-electron chi connectivity index (χ4n) is 1.81. The Morgan fingerprint density at radius 3 is 2.57 bits per heavy atom. The summed E-state index contributed by atoms with van der Waals surface area (Å²) in [4.78, 5) is 11.0. The first-order chi connectivity index (χ1) is 10.2. The highest BCUT2D eigenvalue weighted by molar-refractivity contribution is 5.89. The van der Waals surface area contributed by atoms with E-state index in [-0.39, 0.29) is 18.8 Å². The molecule has 21 heavy (non-hydrogen) atoms. The minimum atomic E-state index is -1.10. The molecule has 0 aliphatic heterocycles. The lowest BCUT2D eigenvalue weighted by Crippen LogP contribution is -2.09. The van der Waals surface area contributed by atoms with Crippen LogP contribution in [0.25, 0.3) is 0 Å². The third-order valence-corrected chi connectivity index (χ3v) is 2.79. The van der Waals surface area contributed by atoms with E-state index in [9.17, 15) is 9.18 Å². The molecule has 0 saturated heterocycles. The lowest BCUT2D eigenvalue weighted by atomic mass is 10.1. The SMILES string of the molecule is O=C(O)c1ccc(F)cc1COCCOc1ccccc1. The largest absolute Gasteiger partial charge is 0.491 e. The zero-order valence-corrected chi connectivity index (χ0v) is 11.3. The van der Waals surface area contributed by atoms with Crippen molar-refractivity contribution >= 4 is 5.97 Å². The Balaban J connectivity index is 1.81. The predicted molar refractivity (Wildman–Crippen MR) is 75.0 cm³/mol. The van der Waals surface area contributed by atoms with E-state index in [2.05, 4.69) is 0 Å². The molecule has 0 aliphatic carbocycles. The summed E-state index contributed by atoms with van der Waals surface area (Å²) >= 11 is 0. The molecule has 0 saturated carbocycles. The second-order valence-electron chi connectivity index (χ2n) is 4.32. The van der Waals surface area contributed by atoms with Gasteiger partial charge < -0.3 is 14.6 Å². The maximum Gasteiger partial charge on any atom is 0.336 e. The van der Waals surface area contributed by atoms with Crippen molar-refractivity contribution in [1.29, 1.82) is 0 Å². The number of hydrogen-bond donors (Lipinski definition) is 1. The maximum absolute atomic E-state index is 13.1. The van der Waals surface area contributed by atoms with Crippen molar-refractivity contribution in [3.8, 4) is 5.75 Å². The molecule has 0 bridgehead atoms. The van der Waals surface area contributed by atoms with E-state index in [1.165, 1.54) is 12.1 Å². The number of carboxylic acid groups (broad SMARTS) is 1. The molecular formula is C16H15FO4. The van der Waals surface area contributed by atoms with E-state index in [4.69, 9.17) is 14.6 Å². The van der Waals surface area contributed by atoms with Gasteiger partial charge in [0.15, 0.2) is 0 Å². The summed E-state index contributed by atoms with van der Waals surface area (Å²) in [5.74, 6) is -0.855. The number of halogens is 1. The van der Waals surface area contributed by atoms with Gasteiger partial charge in [-0.1, -0.05) is 18.2 Å².